The summed E-state index contributed by atoms with van der Waals surface area (Å²) in [5, 5.41) is 12.3. The topological polar surface area (TPSA) is 71.3 Å². The van der Waals surface area contributed by atoms with Gasteiger partial charge in [-0.05, 0) is 47.5 Å². The second-order valence-corrected chi connectivity index (χ2v) is 7.57. The lowest BCUT2D eigenvalue weighted by molar-refractivity contribution is -0.117. The molecule has 0 aromatic heterocycles. The number of rotatable bonds is 8. The zero-order valence-corrected chi connectivity index (χ0v) is 18.6. The molecule has 0 fully saturated rings. The van der Waals surface area contributed by atoms with Gasteiger partial charge in [0.1, 0.15) is 29.7 Å². The highest BCUT2D eigenvalue weighted by Crippen LogP contribution is 2.23. The zero-order chi connectivity index (χ0) is 22.1. The van der Waals surface area contributed by atoms with Crippen LogP contribution in [0.4, 0.5) is 0 Å². The van der Waals surface area contributed by atoms with Gasteiger partial charge in [0.05, 0.1) is 7.11 Å². The maximum atomic E-state index is 12.5. The van der Waals surface area contributed by atoms with Gasteiger partial charge in [-0.3, -0.25) is 4.79 Å². The van der Waals surface area contributed by atoms with Crippen molar-refractivity contribution in [2.45, 2.75) is 13.2 Å². The van der Waals surface area contributed by atoms with E-state index in [1.54, 1.807) is 13.2 Å². The van der Waals surface area contributed by atoms with Gasteiger partial charge < -0.3 is 14.8 Å². The average Bonchev–Trinajstić information content (AvgIpc) is 2.81. The molecule has 0 atom stereocenters. The molecule has 1 amide bonds. The highest BCUT2D eigenvalue weighted by molar-refractivity contribution is 9.10. The Labute approximate surface area is 190 Å². The Morgan fingerprint density at radius 3 is 2.39 bits per heavy atom. The van der Waals surface area contributed by atoms with Crippen molar-refractivity contribution in [1.29, 1.82) is 5.26 Å². The number of amides is 1. The van der Waals surface area contributed by atoms with Crippen molar-refractivity contribution in [2.24, 2.45) is 0 Å². The molecule has 0 radical (unpaired) electrons. The summed E-state index contributed by atoms with van der Waals surface area (Å²) in [4.78, 5) is 12.5. The van der Waals surface area contributed by atoms with Gasteiger partial charge in [-0.2, -0.15) is 5.26 Å². The minimum absolute atomic E-state index is 0.00760. The van der Waals surface area contributed by atoms with Crippen LogP contribution in [0.5, 0.6) is 11.5 Å². The molecule has 5 nitrogen and oxygen atoms in total. The fourth-order valence-corrected chi connectivity index (χ4v) is 3.06. The van der Waals surface area contributed by atoms with Crippen LogP contribution >= 0.6 is 15.9 Å². The first kappa shape index (κ1) is 22.1. The van der Waals surface area contributed by atoms with Crippen LogP contribution in [0.15, 0.2) is 82.8 Å². The lowest BCUT2D eigenvalue weighted by atomic mass is 10.1. The van der Waals surface area contributed by atoms with Crippen LogP contribution in [-0.2, 0) is 17.9 Å². The Bertz CT molecular complexity index is 1100. The number of halogens is 1. The Morgan fingerprint density at radius 2 is 1.71 bits per heavy atom. The first-order chi connectivity index (χ1) is 15.1. The van der Waals surface area contributed by atoms with Gasteiger partial charge in [0, 0.05) is 16.6 Å². The summed E-state index contributed by atoms with van der Waals surface area (Å²) in [6.07, 6.45) is 1.54. The molecule has 0 aliphatic carbocycles. The number of ether oxygens (including phenoxy) is 2. The van der Waals surface area contributed by atoms with Crippen LogP contribution in [0.2, 0.25) is 0 Å². The fraction of sp³-hybridized carbons (Fsp3) is 0.120. The van der Waals surface area contributed by atoms with E-state index in [4.69, 9.17) is 9.47 Å². The third-order valence-corrected chi connectivity index (χ3v) is 5.03. The minimum atomic E-state index is -0.443. The molecular formula is C25H21BrN2O3. The van der Waals surface area contributed by atoms with Gasteiger partial charge in [0.2, 0.25) is 0 Å². The molecule has 31 heavy (non-hydrogen) atoms. The molecule has 0 aliphatic heterocycles. The summed E-state index contributed by atoms with van der Waals surface area (Å²) in [6, 6.07) is 24.5. The number of nitrogens with zero attached hydrogens (tertiary/aromatic N) is 1. The summed E-state index contributed by atoms with van der Waals surface area (Å²) < 4.78 is 12.1. The lowest BCUT2D eigenvalue weighted by Crippen LogP contribution is -2.23. The van der Waals surface area contributed by atoms with Crippen LogP contribution in [0.3, 0.4) is 0 Å². The summed E-state index contributed by atoms with van der Waals surface area (Å²) in [5.41, 5.74) is 2.59. The normalized spacial score (nSPS) is 10.8. The van der Waals surface area contributed by atoms with Gasteiger partial charge in [-0.1, -0.05) is 58.4 Å². The molecule has 0 spiro atoms. The number of nitriles is 1. The SMILES string of the molecule is COc1ccc(CNC(=O)/C(C#N)=C\c2ccccc2OCc2ccc(Br)cc2)cc1. The number of benzene rings is 3. The number of methoxy groups -OCH3 is 1. The number of carbonyl (C=O) groups is 1. The maximum Gasteiger partial charge on any atom is 0.262 e. The van der Waals surface area contributed by atoms with E-state index < -0.39 is 5.91 Å². The average molecular weight is 477 g/mol. The van der Waals surface area contributed by atoms with Gasteiger partial charge in [-0.15, -0.1) is 0 Å². The van der Waals surface area contributed by atoms with Gasteiger partial charge in [0.15, 0.2) is 0 Å². The van der Waals surface area contributed by atoms with E-state index in [-0.39, 0.29) is 5.57 Å². The Kier molecular flexibility index (Phi) is 7.85. The van der Waals surface area contributed by atoms with Crippen LogP contribution in [0.1, 0.15) is 16.7 Å². The van der Waals surface area contributed by atoms with E-state index in [2.05, 4.69) is 21.2 Å². The molecule has 0 saturated carbocycles. The predicted molar refractivity (Wildman–Crippen MR) is 123 cm³/mol. The molecule has 3 aromatic rings. The second kappa shape index (κ2) is 11.0. The molecule has 0 saturated heterocycles. The van der Waals surface area contributed by atoms with Crippen molar-refractivity contribution < 1.29 is 14.3 Å². The highest BCUT2D eigenvalue weighted by atomic mass is 79.9. The predicted octanol–water partition coefficient (Wildman–Crippen LogP) is 5.26. The molecule has 0 heterocycles. The van der Waals surface area contributed by atoms with Crippen molar-refractivity contribution >= 4 is 27.9 Å². The van der Waals surface area contributed by atoms with Crippen molar-refractivity contribution in [3.05, 3.63) is 99.5 Å². The van der Waals surface area contributed by atoms with E-state index in [1.165, 1.54) is 0 Å². The number of hydrogen-bond acceptors (Lipinski definition) is 4. The van der Waals surface area contributed by atoms with E-state index in [9.17, 15) is 10.1 Å². The van der Waals surface area contributed by atoms with E-state index in [0.717, 1.165) is 21.3 Å². The fourth-order valence-electron chi connectivity index (χ4n) is 2.80. The summed E-state index contributed by atoms with van der Waals surface area (Å²) in [6.45, 7) is 0.688. The molecule has 156 valence electrons. The number of nitrogens with one attached hydrogen (secondary N) is 1. The minimum Gasteiger partial charge on any atom is -0.497 e. The van der Waals surface area contributed by atoms with E-state index in [1.807, 2.05) is 78.9 Å². The van der Waals surface area contributed by atoms with Crippen LogP contribution in [0.25, 0.3) is 6.08 Å². The Hall–Kier alpha value is -3.56. The summed E-state index contributed by atoms with van der Waals surface area (Å²) >= 11 is 3.41. The van der Waals surface area contributed by atoms with Crippen molar-refractivity contribution in [3.63, 3.8) is 0 Å². The monoisotopic (exact) mass is 476 g/mol. The van der Waals surface area contributed by atoms with Crippen LogP contribution < -0.4 is 14.8 Å². The summed E-state index contributed by atoms with van der Waals surface area (Å²) in [5.74, 6) is 0.898. The van der Waals surface area contributed by atoms with Crippen molar-refractivity contribution in [2.75, 3.05) is 7.11 Å². The molecular weight excluding hydrogens is 456 g/mol. The van der Waals surface area contributed by atoms with Crippen LogP contribution in [-0.4, -0.2) is 13.0 Å². The standard InChI is InChI=1S/C25H21BrN2O3/c1-30-23-12-8-18(9-13-23)16-28-25(29)21(15-27)14-20-4-2-3-5-24(20)31-17-19-6-10-22(26)11-7-19/h2-14H,16-17H2,1H3,(H,28,29)/b21-14-. The number of carbonyl (C=O) groups excluding carboxylic acids is 1. The summed E-state index contributed by atoms with van der Waals surface area (Å²) in [7, 11) is 1.60. The van der Waals surface area contributed by atoms with Gasteiger partial charge in [0.25, 0.3) is 5.91 Å². The van der Waals surface area contributed by atoms with E-state index >= 15 is 0 Å². The molecule has 3 aromatic carbocycles. The molecule has 1 N–H and O–H groups in total. The molecule has 3 rings (SSSR count). The lowest BCUT2D eigenvalue weighted by Gasteiger charge is -2.10. The third kappa shape index (κ3) is 6.46. The highest BCUT2D eigenvalue weighted by Gasteiger charge is 2.11. The Morgan fingerprint density at radius 1 is 1.03 bits per heavy atom. The number of hydrogen-bond donors (Lipinski definition) is 1. The van der Waals surface area contributed by atoms with Gasteiger partial charge in [-0.25, -0.2) is 0 Å². The Balaban J connectivity index is 1.68. The zero-order valence-electron chi connectivity index (χ0n) is 17.0. The van der Waals surface area contributed by atoms with Crippen LogP contribution in [0, 0.1) is 11.3 Å². The van der Waals surface area contributed by atoms with E-state index in [0.29, 0.717) is 24.5 Å². The first-order valence-corrected chi connectivity index (χ1v) is 10.4. The molecule has 0 unspecified atom stereocenters. The van der Waals surface area contributed by atoms with Gasteiger partial charge >= 0.3 is 0 Å². The second-order valence-electron chi connectivity index (χ2n) is 6.65. The quantitative estimate of drug-likeness (QED) is 0.355. The van der Waals surface area contributed by atoms with Crippen molar-refractivity contribution in [3.8, 4) is 17.6 Å². The molecule has 6 heteroatoms. The maximum absolute atomic E-state index is 12.5. The third-order valence-electron chi connectivity index (χ3n) is 4.50. The molecule has 0 bridgehead atoms. The van der Waals surface area contributed by atoms with Crippen molar-refractivity contribution in [1.82, 2.24) is 5.32 Å². The number of para-hydroxylation sites is 1. The smallest absolute Gasteiger partial charge is 0.262 e. The molecule has 0 aliphatic rings. The first-order valence-electron chi connectivity index (χ1n) is 9.58. The largest absolute Gasteiger partial charge is 0.497 e.